The van der Waals surface area contributed by atoms with Crippen molar-refractivity contribution in [2.24, 2.45) is 0 Å². The Bertz CT molecular complexity index is 3250. The van der Waals surface area contributed by atoms with Crippen molar-refractivity contribution in [1.29, 1.82) is 0 Å². The number of thiophene rings is 1. The third-order valence-electron chi connectivity index (χ3n) is 10.8. The maximum absolute atomic E-state index is 5.38. The average molecular weight is 732 g/mol. The zero-order chi connectivity index (χ0) is 37.0. The average Bonchev–Trinajstić information content (AvgIpc) is 3.83. The molecule has 0 aliphatic rings. The summed E-state index contributed by atoms with van der Waals surface area (Å²) in [6.45, 7) is 0. The SMILES string of the molecule is c1ccc(-c2cccc(-c3nc(-c4cccc(-c5cccc(-c6cccc7c6c6ccccc6n7-c6ccccc6)c5)c4)nc4sc5ccccc5c34)c2)cc1. The third-order valence-corrected chi connectivity index (χ3v) is 11.9. The molecular weight excluding hydrogens is 699 g/mol. The lowest BCUT2D eigenvalue weighted by Gasteiger charge is -2.11. The van der Waals surface area contributed by atoms with Crippen molar-refractivity contribution >= 4 is 53.4 Å². The van der Waals surface area contributed by atoms with Crippen molar-refractivity contribution in [3.8, 4) is 61.7 Å². The molecule has 262 valence electrons. The van der Waals surface area contributed by atoms with Crippen LogP contribution in [0.2, 0.25) is 0 Å². The molecule has 0 saturated carbocycles. The number of para-hydroxylation sites is 2. The summed E-state index contributed by atoms with van der Waals surface area (Å²) in [6.07, 6.45) is 0. The van der Waals surface area contributed by atoms with Crippen molar-refractivity contribution in [1.82, 2.24) is 14.5 Å². The van der Waals surface area contributed by atoms with E-state index < -0.39 is 0 Å². The Labute approximate surface area is 328 Å². The van der Waals surface area contributed by atoms with Gasteiger partial charge in [-0.2, -0.15) is 0 Å². The van der Waals surface area contributed by atoms with E-state index in [-0.39, 0.29) is 0 Å². The van der Waals surface area contributed by atoms with Gasteiger partial charge in [0.1, 0.15) is 4.83 Å². The van der Waals surface area contributed by atoms with Crippen molar-refractivity contribution in [2.45, 2.75) is 0 Å². The predicted octanol–water partition coefficient (Wildman–Crippen LogP) is 14.3. The van der Waals surface area contributed by atoms with E-state index in [0.29, 0.717) is 0 Å². The summed E-state index contributed by atoms with van der Waals surface area (Å²) in [5.41, 5.74) is 13.6. The molecule has 0 aliphatic carbocycles. The molecule has 8 aromatic carbocycles. The van der Waals surface area contributed by atoms with Crippen molar-refractivity contribution < 1.29 is 0 Å². The number of hydrogen-bond acceptors (Lipinski definition) is 3. The first-order valence-electron chi connectivity index (χ1n) is 18.9. The van der Waals surface area contributed by atoms with Crippen LogP contribution in [0, 0.1) is 0 Å². The van der Waals surface area contributed by atoms with Gasteiger partial charge in [0, 0.05) is 43.1 Å². The topological polar surface area (TPSA) is 30.7 Å². The minimum Gasteiger partial charge on any atom is -0.309 e. The van der Waals surface area contributed by atoms with Crippen molar-refractivity contribution in [3.63, 3.8) is 0 Å². The van der Waals surface area contributed by atoms with Crippen LogP contribution >= 0.6 is 11.3 Å². The third kappa shape index (κ3) is 5.42. The largest absolute Gasteiger partial charge is 0.309 e. The minimum absolute atomic E-state index is 0.723. The molecular formula is C52H33N3S. The fourth-order valence-corrected chi connectivity index (χ4v) is 9.33. The number of fused-ring (bicyclic) bond motifs is 6. The standard InChI is InChI=1S/C52H33N3S/c1-3-15-34(16-4-1)35-17-12-21-39(32-35)50-49-44-26-8-10-30-47(44)56-52(49)54-51(53-50)40-22-13-19-37(33-40)36-18-11-20-38(31-36)42-27-14-29-46-48(42)43-25-7-9-28-45(43)55(46)41-23-5-2-6-24-41/h1-33H. The van der Waals surface area contributed by atoms with Crippen LogP contribution in [0.5, 0.6) is 0 Å². The van der Waals surface area contributed by atoms with E-state index in [1.807, 2.05) is 0 Å². The molecule has 56 heavy (non-hydrogen) atoms. The van der Waals surface area contributed by atoms with E-state index in [2.05, 4.69) is 205 Å². The van der Waals surface area contributed by atoms with E-state index >= 15 is 0 Å². The number of rotatable bonds is 6. The van der Waals surface area contributed by atoms with Crippen molar-refractivity contribution in [2.75, 3.05) is 0 Å². The van der Waals surface area contributed by atoms with Gasteiger partial charge < -0.3 is 4.57 Å². The van der Waals surface area contributed by atoms with Crippen molar-refractivity contribution in [3.05, 3.63) is 200 Å². The highest BCUT2D eigenvalue weighted by molar-refractivity contribution is 7.25. The molecule has 0 amide bonds. The molecule has 0 bridgehead atoms. The summed E-state index contributed by atoms with van der Waals surface area (Å²) in [6, 6.07) is 71.5. The molecule has 3 heterocycles. The Balaban J connectivity index is 1.04. The van der Waals surface area contributed by atoms with E-state index in [1.165, 1.54) is 48.6 Å². The molecule has 0 radical (unpaired) electrons. The van der Waals surface area contributed by atoms with Crippen LogP contribution in [-0.4, -0.2) is 14.5 Å². The van der Waals surface area contributed by atoms with Gasteiger partial charge in [-0.1, -0.05) is 152 Å². The maximum atomic E-state index is 5.38. The Kier molecular flexibility index (Phi) is 7.68. The minimum atomic E-state index is 0.723. The highest BCUT2D eigenvalue weighted by Crippen LogP contribution is 2.42. The number of benzene rings is 8. The Morgan fingerprint density at radius 2 is 0.929 bits per heavy atom. The summed E-state index contributed by atoms with van der Waals surface area (Å²) >= 11 is 1.73. The smallest absolute Gasteiger partial charge is 0.161 e. The van der Waals surface area contributed by atoms with E-state index in [9.17, 15) is 0 Å². The molecule has 0 spiro atoms. The fourth-order valence-electron chi connectivity index (χ4n) is 8.26. The molecule has 11 aromatic rings. The number of nitrogens with zero attached hydrogens (tertiary/aromatic N) is 3. The maximum Gasteiger partial charge on any atom is 0.161 e. The van der Waals surface area contributed by atoms with Gasteiger partial charge in [-0.3, -0.25) is 0 Å². The monoisotopic (exact) mass is 731 g/mol. The number of hydrogen-bond donors (Lipinski definition) is 0. The van der Waals surface area contributed by atoms with Gasteiger partial charge in [0.15, 0.2) is 5.82 Å². The first-order valence-corrected chi connectivity index (χ1v) is 19.7. The van der Waals surface area contributed by atoms with Crippen LogP contribution in [0.25, 0.3) is 104 Å². The van der Waals surface area contributed by atoms with Gasteiger partial charge in [-0.15, -0.1) is 11.3 Å². The molecule has 11 rings (SSSR count). The highest BCUT2D eigenvalue weighted by Gasteiger charge is 2.19. The lowest BCUT2D eigenvalue weighted by molar-refractivity contribution is 1.18. The zero-order valence-electron chi connectivity index (χ0n) is 30.3. The van der Waals surface area contributed by atoms with E-state index in [4.69, 9.17) is 9.97 Å². The summed E-state index contributed by atoms with van der Waals surface area (Å²) < 4.78 is 3.59. The molecule has 3 aromatic heterocycles. The van der Waals surface area contributed by atoms with E-state index in [1.54, 1.807) is 11.3 Å². The molecule has 0 aliphatic heterocycles. The fraction of sp³-hybridized carbons (Fsp3) is 0. The van der Waals surface area contributed by atoms with Crippen LogP contribution in [0.15, 0.2) is 200 Å². The Morgan fingerprint density at radius 1 is 0.375 bits per heavy atom. The lowest BCUT2D eigenvalue weighted by Crippen LogP contribution is -1.94. The van der Waals surface area contributed by atoms with Crippen LogP contribution in [-0.2, 0) is 0 Å². The first-order chi connectivity index (χ1) is 27.8. The molecule has 0 unspecified atom stereocenters. The second-order valence-corrected chi connectivity index (χ2v) is 15.2. The van der Waals surface area contributed by atoms with Crippen LogP contribution in [0.4, 0.5) is 0 Å². The van der Waals surface area contributed by atoms with Gasteiger partial charge in [-0.05, 0) is 81.9 Å². The lowest BCUT2D eigenvalue weighted by atomic mass is 9.95. The van der Waals surface area contributed by atoms with Gasteiger partial charge in [-0.25, -0.2) is 9.97 Å². The van der Waals surface area contributed by atoms with E-state index in [0.717, 1.165) is 55.2 Å². The second-order valence-electron chi connectivity index (χ2n) is 14.2. The van der Waals surface area contributed by atoms with Crippen LogP contribution in [0.1, 0.15) is 0 Å². The Morgan fingerprint density at radius 3 is 1.73 bits per heavy atom. The first kappa shape index (κ1) is 32.3. The molecule has 4 heteroatoms. The molecule has 0 fully saturated rings. The summed E-state index contributed by atoms with van der Waals surface area (Å²) in [5, 5.41) is 4.79. The van der Waals surface area contributed by atoms with Crippen LogP contribution < -0.4 is 0 Å². The number of aromatic nitrogens is 3. The molecule has 0 saturated heterocycles. The quantitative estimate of drug-likeness (QED) is 0.170. The normalized spacial score (nSPS) is 11.6. The second kappa shape index (κ2) is 13.3. The van der Waals surface area contributed by atoms with Gasteiger partial charge in [0.25, 0.3) is 0 Å². The summed E-state index contributed by atoms with van der Waals surface area (Å²) in [5.74, 6) is 0.723. The Hall–Kier alpha value is -7.14. The summed E-state index contributed by atoms with van der Waals surface area (Å²) in [7, 11) is 0. The molecule has 3 nitrogen and oxygen atoms in total. The summed E-state index contributed by atoms with van der Waals surface area (Å²) in [4.78, 5) is 11.6. The van der Waals surface area contributed by atoms with Gasteiger partial charge in [0.2, 0.25) is 0 Å². The van der Waals surface area contributed by atoms with Crippen LogP contribution in [0.3, 0.4) is 0 Å². The predicted molar refractivity (Wildman–Crippen MR) is 236 cm³/mol. The zero-order valence-corrected chi connectivity index (χ0v) is 31.1. The highest BCUT2D eigenvalue weighted by atomic mass is 32.1. The molecule has 0 atom stereocenters. The molecule has 0 N–H and O–H groups in total. The van der Waals surface area contributed by atoms with Gasteiger partial charge in [0.05, 0.1) is 16.7 Å². The van der Waals surface area contributed by atoms with Gasteiger partial charge >= 0.3 is 0 Å².